The zero-order valence-electron chi connectivity index (χ0n) is 20.2. The minimum absolute atomic E-state index is 0.156. The summed E-state index contributed by atoms with van der Waals surface area (Å²) in [5.74, 6) is -0.823. The van der Waals surface area contributed by atoms with Gasteiger partial charge in [0.2, 0.25) is 0 Å². The molecule has 4 aromatic rings. The van der Waals surface area contributed by atoms with E-state index in [9.17, 15) is 14.4 Å². The minimum atomic E-state index is -0.820. The molecule has 1 saturated heterocycles. The smallest absolute Gasteiger partial charge is 0.335 e. The van der Waals surface area contributed by atoms with E-state index in [0.29, 0.717) is 22.9 Å². The molecule has 0 atom stereocenters. The van der Waals surface area contributed by atoms with Crippen LogP contribution in [0.5, 0.6) is 5.75 Å². The zero-order chi connectivity index (χ0) is 26.1. The average Bonchev–Trinajstić information content (AvgIpc) is 2.88. The SMILES string of the molecule is Cc1ccc(N2C(=O)NC(=O)/C(=C\c3ccc(OCc4c(C)ccc5ccccc45)cc3)C2=O)cc1Cl. The van der Waals surface area contributed by atoms with Crippen molar-refractivity contribution in [1.29, 1.82) is 0 Å². The number of nitrogens with one attached hydrogen (secondary N) is 1. The molecule has 6 nitrogen and oxygen atoms in total. The Bertz CT molecular complexity index is 1590. The standard InChI is InChI=1S/C30H23ClN2O4/c1-18-7-11-21-5-3-4-6-24(21)26(18)17-37-23-13-9-20(10-14-23)15-25-28(34)32-30(36)33(29(25)35)22-12-8-19(2)27(31)16-22/h3-16H,17H2,1-2H3,(H,32,34,36)/b25-15+. The van der Waals surface area contributed by atoms with Crippen LogP contribution in [0.25, 0.3) is 16.8 Å². The number of fused-ring (bicyclic) bond motifs is 1. The third-order valence-corrected chi connectivity index (χ3v) is 6.77. The Balaban J connectivity index is 1.35. The number of halogens is 1. The number of rotatable bonds is 5. The molecule has 7 heteroatoms. The van der Waals surface area contributed by atoms with Crippen molar-refractivity contribution in [2.45, 2.75) is 20.5 Å². The van der Waals surface area contributed by atoms with Gasteiger partial charge >= 0.3 is 6.03 Å². The molecule has 0 spiro atoms. The monoisotopic (exact) mass is 510 g/mol. The summed E-state index contributed by atoms with van der Waals surface area (Å²) in [6, 6.07) is 23.4. The Morgan fingerprint density at radius 1 is 0.892 bits per heavy atom. The first-order valence-corrected chi connectivity index (χ1v) is 12.1. The van der Waals surface area contributed by atoms with Crippen LogP contribution >= 0.6 is 11.6 Å². The lowest BCUT2D eigenvalue weighted by Gasteiger charge is -2.26. The van der Waals surface area contributed by atoms with Crippen LogP contribution in [0.2, 0.25) is 5.02 Å². The first kappa shape index (κ1) is 24.3. The fourth-order valence-corrected chi connectivity index (χ4v) is 4.41. The molecule has 5 rings (SSSR count). The fraction of sp³-hybridized carbons (Fsp3) is 0.100. The number of hydrogen-bond acceptors (Lipinski definition) is 4. The molecule has 1 fully saturated rings. The van der Waals surface area contributed by atoms with Gasteiger partial charge in [0.15, 0.2) is 0 Å². The quantitative estimate of drug-likeness (QED) is 0.250. The zero-order valence-corrected chi connectivity index (χ0v) is 21.0. The van der Waals surface area contributed by atoms with E-state index >= 15 is 0 Å². The number of nitrogens with zero attached hydrogens (tertiary/aromatic N) is 1. The van der Waals surface area contributed by atoms with Gasteiger partial charge in [0.05, 0.1) is 5.69 Å². The lowest BCUT2D eigenvalue weighted by molar-refractivity contribution is -0.122. The van der Waals surface area contributed by atoms with Crippen LogP contribution in [0, 0.1) is 13.8 Å². The van der Waals surface area contributed by atoms with Crippen LogP contribution in [0.4, 0.5) is 10.5 Å². The van der Waals surface area contributed by atoms with Gasteiger partial charge in [0.1, 0.15) is 17.9 Å². The van der Waals surface area contributed by atoms with E-state index in [2.05, 4.69) is 36.5 Å². The Kier molecular flexibility index (Phi) is 6.51. The molecule has 0 radical (unpaired) electrons. The van der Waals surface area contributed by atoms with E-state index in [0.717, 1.165) is 32.4 Å². The maximum Gasteiger partial charge on any atom is 0.335 e. The predicted molar refractivity (Wildman–Crippen MR) is 145 cm³/mol. The second-order valence-electron chi connectivity index (χ2n) is 8.83. The largest absolute Gasteiger partial charge is 0.489 e. The Morgan fingerprint density at radius 2 is 1.62 bits per heavy atom. The number of carbonyl (C=O) groups is 3. The lowest BCUT2D eigenvalue weighted by atomic mass is 10.0. The van der Waals surface area contributed by atoms with E-state index in [-0.39, 0.29) is 11.3 Å². The van der Waals surface area contributed by atoms with Crippen molar-refractivity contribution in [2.24, 2.45) is 0 Å². The highest BCUT2D eigenvalue weighted by molar-refractivity contribution is 6.39. The summed E-state index contributed by atoms with van der Waals surface area (Å²) in [6.07, 6.45) is 1.45. The van der Waals surface area contributed by atoms with Crippen LogP contribution in [0.3, 0.4) is 0 Å². The summed E-state index contributed by atoms with van der Waals surface area (Å²) in [4.78, 5) is 38.9. The van der Waals surface area contributed by atoms with Crippen LogP contribution < -0.4 is 15.0 Å². The Hall–Kier alpha value is -4.42. The molecular weight excluding hydrogens is 488 g/mol. The molecular formula is C30H23ClN2O4. The highest BCUT2D eigenvalue weighted by atomic mass is 35.5. The molecule has 0 unspecified atom stereocenters. The fourth-order valence-electron chi connectivity index (χ4n) is 4.23. The van der Waals surface area contributed by atoms with Gasteiger partial charge in [-0.15, -0.1) is 0 Å². The predicted octanol–water partition coefficient (Wildman–Crippen LogP) is 6.36. The molecule has 4 aromatic carbocycles. The molecule has 0 bridgehead atoms. The summed E-state index contributed by atoms with van der Waals surface area (Å²) >= 11 is 6.18. The second kappa shape index (κ2) is 9.91. The van der Waals surface area contributed by atoms with Gasteiger partial charge in [0.25, 0.3) is 11.8 Å². The number of aryl methyl sites for hydroxylation is 2. The van der Waals surface area contributed by atoms with Gasteiger partial charge in [-0.2, -0.15) is 0 Å². The maximum absolute atomic E-state index is 13.1. The molecule has 0 aromatic heterocycles. The van der Waals surface area contributed by atoms with Crippen molar-refractivity contribution in [3.8, 4) is 5.75 Å². The normalized spacial score (nSPS) is 14.8. The first-order chi connectivity index (χ1) is 17.8. The number of urea groups is 1. The van der Waals surface area contributed by atoms with Crippen molar-refractivity contribution < 1.29 is 19.1 Å². The van der Waals surface area contributed by atoms with Crippen molar-refractivity contribution >= 4 is 52.0 Å². The number of barbiturate groups is 1. The number of hydrogen-bond donors (Lipinski definition) is 1. The highest BCUT2D eigenvalue weighted by Gasteiger charge is 2.36. The molecule has 0 aliphatic carbocycles. The average molecular weight is 511 g/mol. The minimum Gasteiger partial charge on any atom is -0.489 e. The van der Waals surface area contributed by atoms with Gasteiger partial charge < -0.3 is 4.74 Å². The molecule has 184 valence electrons. The van der Waals surface area contributed by atoms with E-state index < -0.39 is 17.8 Å². The number of benzene rings is 4. The molecule has 0 saturated carbocycles. The molecule has 37 heavy (non-hydrogen) atoms. The molecule has 1 aliphatic rings. The van der Waals surface area contributed by atoms with E-state index in [1.54, 1.807) is 36.4 Å². The van der Waals surface area contributed by atoms with Crippen LogP contribution in [-0.2, 0) is 16.2 Å². The van der Waals surface area contributed by atoms with E-state index in [1.165, 1.54) is 12.1 Å². The van der Waals surface area contributed by atoms with Crippen molar-refractivity contribution in [3.05, 3.63) is 112 Å². The summed E-state index contributed by atoms with van der Waals surface area (Å²) in [6.45, 7) is 4.28. The molecule has 1 N–H and O–H groups in total. The van der Waals surface area contributed by atoms with Gasteiger partial charge in [-0.3, -0.25) is 14.9 Å². The number of carbonyl (C=O) groups excluding carboxylic acids is 3. The van der Waals surface area contributed by atoms with Crippen LogP contribution in [0.15, 0.2) is 84.4 Å². The van der Waals surface area contributed by atoms with E-state index in [1.807, 2.05) is 19.1 Å². The van der Waals surface area contributed by atoms with Gasteiger partial charge in [0, 0.05) is 10.6 Å². The van der Waals surface area contributed by atoms with Crippen molar-refractivity contribution in [2.75, 3.05) is 4.90 Å². The Morgan fingerprint density at radius 3 is 2.38 bits per heavy atom. The number of anilines is 1. The molecule has 1 aliphatic heterocycles. The van der Waals surface area contributed by atoms with Gasteiger partial charge in [-0.1, -0.05) is 66.2 Å². The third kappa shape index (κ3) is 4.84. The number of amides is 4. The summed E-state index contributed by atoms with van der Waals surface area (Å²) in [5, 5.41) is 4.94. The highest BCUT2D eigenvalue weighted by Crippen LogP contribution is 2.28. The second-order valence-corrected chi connectivity index (χ2v) is 9.24. The summed E-state index contributed by atoms with van der Waals surface area (Å²) < 4.78 is 6.05. The van der Waals surface area contributed by atoms with Crippen LogP contribution in [-0.4, -0.2) is 17.8 Å². The van der Waals surface area contributed by atoms with Crippen LogP contribution in [0.1, 0.15) is 22.3 Å². The first-order valence-electron chi connectivity index (χ1n) is 11.7. The lowest BCUT2D eigenvalue weighted by Crippen LogP contribution is -2.54. The molecule has 4 amide bonds. The summed E-state index contributed by atoms with van der Waals surface area (Å²) in [5.41, 5.74) is 3.81. The van der Waals surface area contributed by atoms with Crippen molar-refractivity contribution in [1.82, 2.24) is 5.32 Å². The third-order valence-electron chi connectivity index (χ3n) is 6.36. The summed E-state index contributed by atoms with van der Waals surface area (Å²) in [7, 11) is 0. The Labute approximate surface area is 219 Å². The molecule has 1 heterocycles. The topological polar surface area (TPSA) is 75.7 Å². The maximum atomic E-state index is 13.1. The van der Waals surface area contributed by atoms with E-state index in [4.69, 9.17) is 16.3 Å². The number of imide groups is 2. The van der Waals surface area contributed by atoms with Gasteiger partial charge in [-0.05, 0) is 71.7 Å². The van der Waals surface area contributed by atoms with Crippen molar-refractivity contribution in [3.63, 3.8) is 0 Å². The van der Waals surface area contributed by atoms with Gasteiger partial charge in [-0.25, -0.2) is 9.69 Å². The number of ether oxygens (including phenoxy) is 1.